The first-order valence-electron chi connectivity index (χ1n) is 7.25. The van der Waals surface area contributed by atoms with Gasteiger partial charge >= 0.3 is 0 Å². The lowest BCUT2D eigenvalue weighted by Crippen LogP contribution is -2.48. The zero-order valence-electron chi connectivity index (χ0n) is 12.8. The Kier molecular flexibility index (Phi) is 5.00. The normalized spacial score (nSPS) is 21.6. The highest BCUT2D eigenvalue weighted by atomic mass is 16.5. The molecule has 0 aromatic heterocycles. The van der Waals surface area contributed by atoms with Gasteiger partial charge in [0.15, 0.2) is 0 Å². The minimum atomic E-state index is 0.0158. The molecule has 0 unspecified atom stereocenters. The molecule has 0 radical (unpaired) electrons. The van der Waals surface area contributed by atoms with Crippen LogP contribution < -0.4 is 5.73 Å². The van der Waals surface area contributed by atoms with Crippen LogP contribution in [0.15, 0.2) is 18.2 Å². The van der Waals surface area contributed by atoms with Crippen LogP contribution in [0.4, 0.5) is 0 Å². The number of hydrogen-bond donors (Lipinski definition) is 1. The lowest BCUT2D eigenvalue weighted by molar-refractivity contribution is -0.0586. The van der Waals surface area contributed by atoms with Crippen LogP contribution in [0, 0.1) is 18.8 Å². The number of carbonyl (C=O) groups is 1. The zero-order chi connectivity index (χ0) is 15.4. The monoisotopic (exact) mass is 286 g/mol. The maximum atomic E-state index is 12.8. The van der Waals surface area contributed by atoms with Crippen molar-refractivity contribution in [2.24, 2.45) is 5.73 Å². The minimum Gasteiger partial charge on any atom is -0.372 e. The second-order valence-corrected chi connectivity index (χ2v) is 5.52. The summed E-state index contributed by atoms with van der Waals surface area (Å²) in [6, 6.07) is 5.74. The van der Waals surface area contributed by atoms with Gasteiger partial charge in [0.25, 0.3) is 5.91 Å². The summed E-state index contributed by atoms with van der Waals surface area (Å²) in [6.45, 7) is 7.46. The minimum absolute atomic E-state index is 0.0158. The molecule has 1 aliphatic rings. The summed E-state index contributed by atoms with van der Waals surface area (Å²) >= 11 is 0. The maximum absolute atomic E-state index is 12.8. The standard InChI is InChI=1S/C17H22N2O2/c1-12-6-7-15(5-4-8-18)16(9-12)17(20)19-10-13(2)21-14(3)11-19/h6-7,9,13-14H,8,10-11,18H2,1-3H3/t13-,14+. The van der Waals surface area contributed by atoms with Crippen molar-refractivity contribution >= 4 is 5.91 Å². The summed E-state index contributed by atoms with van der Waals surface area (Å²) in [5.74, 6) is 5.83. The number of nitrogens with zero attached hydrogens (tertiary/aromatic N) is 1. The van der Waals surface area contributed by atoms with Crippen LogP contribution in [-0.2, 0) is 4.74 Å². The van der Waals surface area contributed by atoms with Crippen molar-refractivity contribution < 1.29 is 9.53 Å². The second kappa shape index (κ2) is 6.75. The molecule has 0 bridgehead atoms. The average Bonchev–Trinajstić information content (AvgIpc) is 2.44. The number of benzene rings is 1. The molecule has 1 aromatic rings. The van der Waals surface area contributed by atoms with E-state index in [-0.39, 0.29) is 24.7 Å². The molecule has 1 heterocycles. The predicted octanol–water partition coefficient (Wildman–Crippen LogP) is 1.55. The van der Waals surface area contributed by atoms with Crippen LogP contribution in [0.2, 0.25) is 0 Å². The van der Waals surface area contributed by atoms with E-state index < -0.39 is 0 Å². The average molecular weight is 286 g/mol. The Labute approximate surface area is 126 Å². The molecule has 2 rings (SSSR count). The lowest BCUT2D eigenvalue weighted by Gasteiger charge is -2.35. The van der Waals surface area contributed by atoms with Gasteiger partial charge in [-0.2, -0.15) is 0 Å². The number of hydrogen-bond acceptors (Lipinski definition) is 3. The largest absolute Gasteiger partial charge is 0.372 e. The number of carbonyl (C=O) groups excluding carboxylic acids is 1. The molecule has 1 aliphatic heterocycles. The van der Waals surface area contributed by atoms with E-state index in [1.807, 2.05) is 43.9 Å². The Bertz CT molecular complexity index is 576. The van der Waals surface area contributed by atoms with Gasteiger partial charge < -0.3 is 15.4 Å². The van der Waals surface area contributed by atoms with Crippen LogP contribution in [0.1, 0.15) is 35.3 Å². The topological polar surface area (TPSA) is 55.6 Å². The molecule has 2 N–H and O–H groups in total. The molecular weight excluding hydrogens is 264 g/mol. The van der Waals surface area contributed by atoms with E-state index in [1.54, 1.807) is 0 Å². The number of amides is 1. The Hall–Kier alpha value is -1.83. The first-order chi connectivity index (χ1) is 10.0. The fourth-order valence-electron chi connectivity index (χ4n) is 2.60. The Balaban J connectivity index is 2.31. The molecule has 1 saturated heterocycles. The summed E-state index contributed by atoms with van der Waals surface area (Å²) in [6.07, 6.45) is 0.113. The van der Waals surface area contributed by atoms with Gasteiger partial charge in [0.2, 0.25) is 0 Å². The van der Waals surface area contributed by atoms with Crippen molar-refractivity contribution in [2.75, 3.05) is 19.6 Å². The summed E-state index contributed by atoms with van der Waals surface area (Å²) in [4.78, 5) is 14.6. The highest BCUT2D eigenvalue weighted by Crippen LogP contribution is 2.18. The number of nitrogens with two attached hydrogens (primary N) is 1. The van der Waals surface area contributed by atoms with Gasteiger partial charge in [0.05, 0.1) is 24.3 Å². The third-order valence-corrected chi connectivity index (χ3v) is 3.44. The molecule has 112 valence electrons. The molecular formula is C17H22N2O2. The Morgan fingerprint density at radius 2 is 2.05 bits per heavy atom. The third-order valence-electron chi connectivity index (χ3n) is 3.44. The SMILES string of the molecule is Cc1ccc(C#CCN)c(C(=O)N2C[C@@H](C)O[C@@H](C)C2)c1. The molecule has 0 saturated carbocycles. The summed E-state index contributed by atoms with van der Waals surface area (Å²) in [5, 5.41) is 0. The van der Waals surface area contributed by atoms with E-state index in [1.165, 1.54) is 0 Å². The molecule has 0 aliphatic carbocycles. The first kappa shape index (κ1) is 15.6. The number of ether oxygens (including phenoxy) is 1. The van der Waals surface area contributed by atoms with Crippen LogP contribution in [0.25, 0.3) is 0 Å². The summed E-state index contributed by atoms with van der Waals surface area (Å²) in [7, 11) is 0. The van der Waals surface area contributed by atoms with Crippen molar-refractivity contribution in [1.29, 1.82) is 0 Å². The Morgan fingerprint density at radius 1 is 1.38 bits per heavy atom. The number of aryl methyl sites for hydroxylation is 1. The van der Waals surface area contributed by atoms with E-state index in [2.05, 4.69) is 11.8 Å². The van der Waals surface area contributed by atoms with Gasteiger partial charge in [0.1, 0.15) is 0 Å². The molecule has 1 aromatic carbocycles. The molecule has 2 atom stereocenters. The molecule has 0 spiro atoms. The van der Waals surface area contributed by atoms with Crippen molar-refractivity contribution in [3.63, 3.8) is 0 Å². The summed E-state index contributed by atoms with van der Waals surface area (Å²) < 4.78 is 5.68. The highest BCUT2D eigenvalue weighted by Gasteiger charge is 2.27. The fourth-order valence-corrected chi connectivity index (χ4v) is 2.60. The van der Waals surface area contributed by atoms with Gasteiger partial charge in [-0.3, -0.25) is 4.79 Å². The van der Waals surface area contributed by atoms with E-state index in [0.717, 1.165) is 11.1 Å². The van der Waals surface area contributed by atoms with E-state index in [9.17, 15) is 4.79 Å². The van der Waals surface area contributed by atoms with E-state index in [0.29, 0.717) is 18.7 Å². The van der Waals surface area contributed by atoms with Crippen molar-refractivity contribution in [3.8, 4) is 11.8 Å². The van der Waals surface area contributed by atoms with Crippen molar-refractivity contribution in [2.45, 2.75) is 33.0 Å². The zero-order valence-corrected chi connectivity index (χ0v) is 12.8. The molecule has 21 heavy (non-hydrogen) atoms. The Morgan fingerprint density at radius 3 is 2.67 bits per heavy atom. The summed E-state index contributed by atoms with van der Waals surface area (Å²) in [5.41, 5.74) is 7.86. The molecule has 1 fully saturated rings. The van der Waals surface area contributed by atoms with E-state index >= 15 is 0 Å². The molecule has 1 amide bonds. The fraction of sp³-hybridized carbons (Fsp3) is 0.471. The number of rotatable bonds is 1. The smallest absolute Gasteiger partial charge is 0.255 e. The van der Waals surface area contributed by atoms with Crippen LogP contribution in [0.3, 0.4) is 0 Å². The lowest BCUT2D eigenvalue weighted by atomic mass is 10.0. The van der Waals surface area contributed by atoms with Crippen LogP contribution >= 0.6 is 0 Å². The van der Waals surface area contributed by atoms with Gasteiger partial charge in [-0.05, 0) is 32.9 Å². The van der Waals surface area contributed by atoms with Crippen LogP contribution in [-0.4, -0.2) is 42.6 Å². The second-order valence-electron chi connectivity index (χ2n) is 5.52. The number of morpholine rings is 1. The van der Waals surface area contributed by atoms with Gasteiger partial charge in [-0.1, -0.05) is 23.5 Å². The highest BCUT2D eigenvalue weighted by molar-refractivity contribution is 5.97. The van der Waals surface area contributed by atoms with Crippen molar-refractivity contribution in [1.82, 2.24) is 4.90 Å². The van der Waals surface area contributed by atoms with Gasteiger partial charge in [0, 0.05) is 18.7 Å². The van der Waals surface area contributed by atoms with Gasteiger partial charge in [-0.25, -0.2) is 0 Å². The predicted molar refractivity (Wildman–Crippen MR) is 83.0 cm³/mol. The molecule has 4 nitrogen and oxygen atoms in total. The maximum Gasteiger partial charge on any atom is 0.255 e. The molecule has 4 heteroatoms. The van der Waals surface area contributed by atoms with Crippen LogP contribution in [0.5, 0.6) is 0 Å². The van der Waals surface area contributed by atoms with E-state index in [4.69, 9.17) is 10.5 Å². The first-order valence-corrected chi connectivity index (χ1v) is 7.25. The van der Waals surface area contributed by atoms with Gasteiger partial charge in [-0.15, -0.1) is 0 Å². The quantitative estimate of drug-likeness (QED) is 0.797. The third kappa shape index (κ3) is 3.84. The van der Waals surface area contributed by atoms with Crippen molar-refractivity contribution in [3.05, 3.63) is 34.9 Å².